The molecule has 1 rings (SSSR count). The molecule has 13 heavy (non-hydrogen) atoms. The van der Waals surface area contributed by atoms with Crippen LogP contribution in [-0.2, 0) is 4.79 Å². The van der Waals surface area contributed by atoms with Gasteiger partial charge in [-0.1, -0.05) is 26.7 Å². The molecule has 0 aromatic heterocycles. The summed E-state index contributed by atoms with van der Waals surface area (Å²) in [4.78, 5) is 11.3. The second-order valence-electron chi connectivity index (χ2n) is 4.55. The molecule has 1 aliphatic carbocycles. The molecule has 0 aliphatic heterocycles. The Morgan fingerprint density at radius 1 is 1.31 bits per heavy atom. The Kier molecular flexibility index (Phi) is 2.66. The Bertz CT molecular complexity index is 213. The van der Waals surface area contributed by atoms with Gasteiger partial charge < -0.3 is 10.4 Å². The van der Waals surface area contributed by atoms with E-state index in [1.807, 2.05) is 13.8 Å². The molecule has 76 valence electrons. The van der Waals surface area contributed by atoms with Crippen molar-refractivity contribution < 1.29 is 9.90 Å². The van der Waals surface area contributed by atoms with Crippen LogP contribution < -0.4 is 5.32 Å². The SMILES string of the molecule is CNC1(C(=O)O)CCCCC1(C)C. The topological polar surface area (TPSA) is 49.3 Å². The summed E-state index contributed by atoms with van der Waals surface area (Å²) in [6.07, 6.45) is 3.88. The summed E-state index contributed by atoms with van der Waals surface area (Å²) in [6, 6.07) is 0. The summed E-state index contributed by atoms with van der Waals surface area (Å²) in [7, 11) is 1.75. The summed E-state index contributed by atoms with van der Waals surface area (Å²) in [5, 5.41) is 12.3. The number of hydrogen-bond donors (Lipinski definition) is 2. The molecule has 1 saturated carbocycles. The van der Waals surface area contributed by atoms with Crippen molar-refractivity contribution >= 4 is 5.97 Å². The van der Waals surface area contributed by atoms with E-state index in [4.69, 9.17) is 0 Å². The molecule has 0 spiro atoms. The van der Waals surface area contributed by atoms with E-state index in [9.17, 15) is 9.90 Å². The Balaban J connectivity index is 2.99. The lowest BCUT2D eigenvalue weighted by Gasteiger charge is -2.46. The number of nitrogens with one attached hydrogen (secondary N) is 1. The van der Waals surface area contributed by atoms with Crippen molar-refractivity contribution in [1.82, 2.24) is 5.32 Å². The molecule has 0 aromatic carbocycles. The maximum Gasteiger partial charge on any atom is 0.324 e. The fraction of sp³-hybridized carbons (Fsp3) is 0.900. The van der Waals surface area contributed by atoms with E-state index in [2.05, 4.69) is 5.32 Å². The summed E-state index contributed by atoms with van der Waals surface area (Å²) >= 11 is 0. The molecule has 0 saturated heterocycles. The predicted octanol–water partition coefficient (Wildman–Crippen LogP) is 1.63. The van der Waals surface area contributed by atoms with Crippen LogP contribution in [0.2, 0.25) is 0 Å². The third-order valence-electron chi connectivity index (χ3n) is 3.55. The van der Waals surface area contributed by atoms with Crippen LogP contribution >= 0.6 is 0 Å². The van der Waals surface area contributed by atoms with Gasteiger partial charge in [0.15, 0.2) is 0 Å². The Labute approximate surface area is 79.5 Å². The molecule has 0 amide bonds. The largest absolute Gasteiger partial charge is 0.480 e. The minimum atomic E-state index is -0.717. The highest BCUT2D eigenvalue weighted by molar-refractivity contribution is 5.80. The highest BCUT2D eigenvalue weighted by atomic mass is 16.4. The van der Waals surface area contributed by atoms with Gasteiger partial charge in [0, 0.05) is 0 Å². The lowest BCUT2D eigenvalue weighted by atomic mass is 9.63. The molecule has 3 heteroatoms. The lowest BCUT2D eigenvalue weighted by Crippen LogP contribution is -2.61. The number of aliphatic carboxylic acids is 1. The Morgan fingerprint density at radius 3 is 2.15 bits per heavy atom. The van der Waals surface area contributed by atoms with Gasteiger partial charge in [0.1, 0.15) is 5.54 Å². The number of carbonyl (C=O) groups is 1. The van der Waals surface area contributed by atoms with Gasteiger partial charge in [-0.05, 0) is 25.3 Å². The maximum absolute atomic E-state index is 11.3. The summed E-state index contributed by atoms with van der Waals surface area (Å²) < 4.78 is 0. The molecule has 0 radical (unpaired) electrons. The highest BCUT2D eigenvalue weighted by Crippen LogP contribution is 2.43. The number of hydrogen-bond acceptors (Lipinski definition) is 2. The monoisotopic (exact) mass is 185 g/mol. The second-order valence-corrected chi connectivity index (χ2v) is 4.55. The highest BCUT2D eigenvalue weighted by Gasteiger charge is 2.51. The molecule has 2 N–H and O–H groups in total. The number of carboxylic acids is 1. The van der Waals surface area contributed by atoms with Crippen LogP contribution in [0.4, 0.5) is 0 Å². The van der Waals surface area contributed by atoms with Crippen LogP contribution in [0.3, 0.4) is 0 Å². The van der Waals surface area contributed by atoms with Gasteiger partial charge in [-0.25, -0.2) is 0 Å². The lowest BCUT2D eigenvalue weighted by molar-refractivity contribution is -0.152. The number of likely N-dealkylation sites (N-methyl/N-ethyl adjacent to an activating group) is 1. The van der Waals surface area contributed by atoms with E-state index in [-0.39, 0.29) is 5.41 Å². The fourth-order valence-electron chi connectivity index (χ4n) is 2.48. The molecule has 0 heterocycles. The van der Waals surface area contributed by atoms with Gasteiger partial charge in [-0.2, -0.15) is 0 Å². The fourth-order valence-corrected chi connectivity index (χ4v) is 2.48. The smallest absolute Gasteiger partial charge is 0.324 e. The van der Waals surface area contributed by atoms with Crippen molar-refractivity contribution in [2.75, 3.05) is 7.05 Å². The summed E-state index contributed by atoms with van der Waals surface area (Å²) in [5.41, 5.74) is -0.864. The maximum atomic E-state index is 11.3. The third kappa shape index (κ3) is 1.46. The average molecular weight is 185 g/mol. The first-order chi connectivity index (χ1) is 5.96. The van der Waals surface area contributed by atoms with E-state index < -0.39 is 11.5 Å². The molecule has 1 atom stereocenters. The van der Waals surface area contributed by atoms with Crippen molar-refractivity contribution in [3.8, 4) is 0 Å². The van der Waals surface area contributed by atoms with Gasteiger partial charge in [-0.15, -0.1) is 0 Å². The van der Waals surface area contributed by atoms with Crippen molar-refractivity contribution in [2.45, 2.75) is 45.1 Å². The van der Waals surface area contributed by atoms with Gasteiger partial charge in [0.25, 0.3) is 0 Å². The zero-order valence-corrected chi connectivity index (χ0v) is 8.68. The molecule has 3 nitrogen and oxygen atoms in total. The molecule has 0 bridgehead atoms. The van der Waals surface area contributed by atoms with Crippen LogP contribution in [0.5, 0.6) is 0 Å². The quantitative estimate of drug-likeness (QED) is 0.687. The van der Waals surface area contributed by atoms with Crippen molar-refractivity contribution in [3.63, 3.8) is 0 Å². The third-order valence-corrected chi connectivity index (χ3v) is 3.55. The van der Waals surface area contributed by atoms with E-state index >= 15 is 0 Å². The van der Waals surface area contributed by atoms with E-state index in [0.29, 0.717) is 0 Å². The molecule has 1 aliphatic rings. The minimum Gasteiger partial charge on any atom is -0.480 e. The van der Waals surface area contributed by atoms with Gasteiger partial charge in [-0.3, -0.25) is 4.79 Å². The van der Waals surface area contributed by atoms with Crippen LogP contribution in [0.1, 0.15) is 39.5 Å². The first kappa shape index (κ1) is 10.5. The number of carboxylic acid groups (broad SMARTS) is 1. The summed E-state index contributed by atoms with van der Waals surface area (Å²) in [6.45, 7) is 4.08. The standard InChI is InChI=1S/C10H19NO2/c1-9(2)6-4-5-7-10(9,11-3)8(12)13/h11H,4-7H2,1-3H3,(H,12,13). The van der Waals surface area contributed by atoms with E-state index in [0.717, 1.165) is 25.7 Å². The Hall–Kier alpha value is -0.570. The summed E-state index contributed by atoms with van der Waals surface area (Å²) in [5.74, 6) is -0.709. The first-order valence-corrected chi connectivity index (χ1v) is 4.88. The van der Waals surface area contributed by atoms with Crippen LogP contribution in [-0.4, -0.2) is 23.7 Å². The molecule has 1 unspecified atom stereocenters. The second kappa shape index (κ2) is 3.29. The van der Waals surface area contributed by atoms with Crippen LogP contribution in [0.25, 0.3) is 0 Å². The average Bonchev–Trinajstić information content (AvgIpc) is 2.03. The van der Waals surface area contributed by atoms with Crippen LogP contribution in [0, 0.1) is 5.41 Å². The molecular weight excluding hydrogens is 166 g/mol. The van der Waals surface area contributed by atoms with Crippen molar-refractivity contribution in [2.24, 2.45) is 5.41 Å². The number of rotatable bonds is 2. The van der Waals surface area contributed by atoms with Crippen molar-refractivity contribution in [3.05, 3.63) is 0 Å². The van der Waals surface area contributed by atoms with E-state index in [1.165, 1.54) is 0 Å². The predicted molar refractivity (Wildman–Crippen MR) is 51.7 cm³/mol. The van der Waals surface area contributed by atoms with Gasteiger partial charge in [0.05, 0.1) is 0 Å². The first-order valence-electron chi connectivity index (χ1n) is 4.88. The zero-order chi connectivity index (χ0) is 10.1. The molecule has 1 fully saturated rings. The van der Waals surface area contributed by atoms with Crippen LogP contribution in [0.15, 0.2) is 0 Å². The minimum absolute atomic E-state index is 0.147. The molecular formula is C10H19NO2. The normalized spacial score (nSPS) is 32.8. The van der Waals surface area contributed by atoms with Crippen molar-refractivity contribution in [1.29, 1.82) is 0 Å². The Morgan fingerprint density at radius 2 is 1.85 bits per heavy atom. The van der Waals surface area contributed by atoms with E-state index in [1.54, 1.807) is 7.05 Å². The van der Waals surface area contributed by atoms with Gasteiger partial charge >= 0.3 is 5.97 Å². The zero-order valence-electron chi connectivity index (χ0n) is 8.68. The molecule has 0 aromatic rings. The van der Waals surface area contributed by atoms with Gasteiger partial charge in [0.2, 0.25) is 0 Å².